The summed E-state index contributed by atoms with van der Waals surface area (Å²) in [5.74, 6) is 0.683. The van der Waals surface area contributed by atoms with Crippen LogP contribution in [0.2, 0.25) is 0 Å². The first-order valence-corrected chi connectivity index (χ1v) is 8.95. The van der Waals surface area contributed by atoms with Crippen LogP contribution >= 0.6 is 0 Å². The van der Waals surface area contributed by atoms with Crippen LogP contribution in [-0.2, 0) is 11.3 Å². The molecule has 2 aromatic carbocycles. The lowest BCUT2D eigenvalue weighted by Crippen LogP contribution is -2.24. The molecule has 1 aliphatic heterocycles. The Bertz CT molecular complexity index is 758. The number of phenolic OH excluding ortho intramolecular Hbond substituents is 1. The molecule has 2 N–H and O–H groups in total. The lowest BCUT2D eigenvalue weighted by molar-refractivity contribution is 0.0670. The second kappa shape index (κ2) is 8.23. The van der Waals surface area contributed by atoms with Crippen molar-refractivity contribution in [2.75, 3.05) is 13.2 Å². The van der Waals surface area contributed by atoms with Gasteiger partial charge in [-0.05, 0) is 55.5 Å². The van der Waals surface area contributed by atoms with Gasteiger partial charge in [-0.2, -0.15) is 0 Å². The molecular weight excluding hydrogens is 330 g/mol. The number of carbonyl (C=O) groups is 1. The van der Waals surface area contributed by atoms with Crippen LogP contribution in [0.4, 0.5) is 0 Å². The Kier molecular flexibility index (Phi) is 5.78. The topological polar surface area (TPSA) is 67.8 Å². The van der Waals surface area contributed by atoms with Gasteiger partial charge in [0.1, 0.15) is 18.1 Å². The third-order valence-corrected chi connectivity index (χ3v) is 4.58. The number of aromatic hydroxyl groups is 1. The van der Waals surface area contributed by atoms with Crippen LogP contribution in [0.1, 0.15) is 39.9 Å². The van der Waals surface area contributed by atoms with Crippen LogP contribution in [-0.4, -0.2) is 30.3 Å². The number of carbonyl (C=O) groups excluding carboxylic acids is 1. The van der Waals surface area contributed by atoms with Gasteiger partial charge in [-0.15, -0.1) is 0 Å². The number of ether oxygens (including phenoxy) is 2. The molecule has 1 aliphatic rings. The third-order valence-electron chi connectivity index (χ3n) is 4.58. The van der Waals surface area contributed by atoms with E-state index >= 15 is 0 Å². The Hall–Kier alpha value is -2.53. The fourth-order valence-electron chi connectivity index (χ4n) is 3.16. The number of aryl methyl sites for hydroxylation is 2. The van der Waals surface area contributed by atoms with Crippen molar-refractivity contribution in [1.29, 1.82) is 0 Å². The Morgan fingerprint density at radius 2 is 2.00 bits per heavy atom. The quantitative estimate of drug-likeness (QED) is 0.832. The van der Waals surface area contributed by atoms with Gasteiger partial charge in [0.2, 0.25) is 0 Å². The van der Waals surface area contributed by atoms with E-state index in [1.165, 1.54) is 0 Å². The molecule has 0 bridgehead atoms. The summed E-state index contributed by atoms with van der Waals surface area (Å²) in [4.78, 5) is 12.6. The van der Waals surface area contributed by atoms with Crippen molar-refractivity contribution in [3.63, 3.8) is 0 Å². The normalized spacial score (nSPS) is 16.5. The maximum atomic E-state index is 12.6. The van der Waals surface area contributed by atoms with Crippen molar-refractivity contribution in [2.45, 2.75) is 39.3 Å². The zero-order chi connectivity index (χ0) is 18.5. The lowest BCUT2D eigenvalue weighted by atomic mass is 10.1. The minimum absolute atomic E-state index is 0.106. The number of amides is 1. The number of phenols is 1. The SMILES string of the molecule is Cc1cc(CNC(=O)c2ccccc2OCC2CCCO2)cc(C)c1O. The van der Waals surface area contributed by atoms with Crippen molar-refractivity contribution >= 4 is 5.91 Å². The van der Waals surface area contributed by atoms with Crippen molar-refractivity contribution in [3.05, 3.63) is 58.7 Å². The molecule has 0 radical (unpaired) electrons. The highest BCUT2D eigenvalue weighted by Gasteiger charge is 2.18. The number of hydrogen-bond acceptors (Lipinski definition) is 4. The van der Waals surface area contributed by atoms with E-state index in [0.29, 0.717) is 30.2 Å². The molecular formula is C21H25NO4. The number of hydrogen-bond donors (Lipinski definition) is 2. The molecule has 2 aromatic rings. The standard InChI is InChI=1S/C21H25NO4/c1-14-10-16(11-15(2)20(14)23)12-22-21(24)18-7-3-4-8-19(18)26-13-17-6-5-9-25-17/h3-4,7-8,10-11,17,23H,5-6,9,12-13H2,1-2H3,(H,22,24). The fraction of sp³-hybridized carbons (Fsp3) is 0.381. The average molecular weight is 355 g/mol. The fourth-order valence-corrected chi connectivity index (χ4v) is 3.16. The highest BCUT2D eigenvalue weighted by Crippen LogP contribution is 2.23. The molecule has 1 saturated heterocycles. The third kappa shape index (κ3) is 4.35. The van der Waals surface area contributed by atoms with E-state index < -0.39 is 0 Å². The molecule has 0 aliphatic carbocycles. The Morgan fingerprint density at radius 1 is 1.27 bits per heavy atom. The summed E-state index contributed by atoms with van der Waals surface area (Å²) in [6.07, 6.45) is 2.16. The van der Waals surface area contributed by atoms with Crippen LogP contribution in [0.15, 0.2) is 36.4 Å². The number of nitrogens with one attached hydrogen (secondary N) is 1. The van der Waals surface area contributed by atoms with Crippen LogP contribution < -0.4 is 10.1 Å². The average Bonchev–Trinajstić information content (AvgIpc) is 3.16. The Morgan fingerprint density at radius 3 is 2.69 bits per heavy atom. The molecule has 1 amide bonds. The van der Waals surface area contributed by atoms with Gasteiger partial charge in [-0.1, -0.05) is 24.3 Å². The molecule has 1 atom stereocenters. The van der Waals surface area contributed by atoms with Gasteiger partial charge in [0.05, 0.1) is 11.7 Å². The predicted molar refractivity (Wildman–Crippen MR) is 99.7 cm³/mol. The van der Waals surface area contributed by atoms with E-state index in [0.717, 1.165) is 36.1 Å². The van der Waals surface area contributed by atoms with Gasteiger partial charge in [0, 0.05) is 13.2 Å². The summed E-state index contributed by atoms with van der Waals surface area (Å²) in [5, 5.41) is 12.8. The molecule has 0 aromatic heterocycles. The zero-order valence-corrected chi connectivity index (χ0v) is 15.2. The molecule has 5 heteroatoms. The van der Waals surface area contributed by atoms with Crippen LogP contribution in [0.5, 0.6) is 11.5 Å². The molecule has 26 heavy (non-hydrogen) atoms. The predicted octanol–water partition coefficient (Wildman–Crippen LogP) is 3.50. The number of para-hydroxylation sites is 1. The summed E-state index contributed by atoms with van der Waals surface area (Å²) in [6, 6.07) is 11.0. The van der Waals surface area contributed by atoms with Crippen LogP contribution in [0, 0.1) is 13.8 Å². The highest BCUT2D eigenvalue weighted by atomic mass is 16.5. The van der Waals surface area contributed by atoms with Gasteiger partial charge < -0.3 is 19.9 Å². The van der Waals surface area contributed by atoms with E-state index in [9.17, 15) is 9.90 Å². The van der Waals surface area contributed by atoms with Crippen molar-refractivity contribution in [2.24, 2.45) is 0 Å². The van der Waals surface area contributed by atoms with Crippen molar-refractivity contribution in [3.8, 4) is 11.5 Å². The summed E-state index contributed by atoms with van der Waals surface area (Å²) in [5.41, 5.74) is 3.06. The van der Waals surface area contributed by atoms with E-state index in [1.54, 1.807) is 12.1 Å². The Balaban J connectivity index is 1.64. The summed E-state index contributed by atoms with van der Waals surface area (Å²) in [6.45, 7) is 5.33. The first-order valence-electron chi connectivity index (χ1n) is 8.95. The van der Waals surface area contributed by atoms with Crippen LogP contribution in [0.25, 0.3) is 0 Å². The van der Waals surface area contributed by atoms with Gasteiger partial charge >= 0.3 is 0 Å². The lowest BCUT2D eigenvalue weighted by Gasteiger charge is -2.15. The monoisotopic (exact) mass is 355 g/mol. The van der Waals surface area contributed by atoms with Gasteiger partial charge in [-0.25, -0.2) is 0 Å². The number of benzene rings is 2. The summed E-state index contributed by atoms with van der Waals surface area (Å²) in [7, 11) is 0. The molecule has 1 heterocycles. The Labute approximate surface area is 153 Å². The number of rotatable bonds is 6. The highest BCUT2D eigenvalue weighted by molar-refractivity contribution is 5.96. The first kappa shape index (κ1) is 18.3. The minimum atomic E-state index is -0.184. The smallest absolute Gasteiger partial charge is 0.255 e. The second-order valence-electron chi connectivity index (χ2n) is 6.70. The maximum absolute atomic E-state index is 12.6. The molecule has 1 fully saturated rings. The largest absolute Gasteiger partial charge is 0.507 e. The van der Waals surface area contributed by atoms with Gasteiger partial charge in [0.15, 0.2) is 0 Å². The molecule has 0 spiro atoms. The van der Waals surface area contributed by atoms with Crippen molar-refractivity contribution in [1.82, 2.24) is 5.32 Å². The van der Waals surface area contributed by atoms with E-state index in [-0.39, 0.29) is 12.0 Å². The molecule has 138 valence electrons. The molecule has 5 nitrogen and oxygen atoms in total. The van der Waals surface area contributed by atoms with E-state index in [4.69, 9.17) is 9.47 Å². The van der Waals surface area contributed by atoms with E-state index in [2.05, 4.69) is 5.32 Å². The summed E-state index contributed by atoms with van der Waals surface area (Å²) >= 11 is 0. The molecule has 1 unspecified atom stereocenters. The zero-order valence-electron chi connectivity index (χ0n) is 15.2. The van der Waals surface area contributed by atoms with Crippen LogP contribution in [0.3, 0.4) is 0 Å². The molecule has 3 rings (SSSR count). The molecule has 0 saturated carbocycles. The summed E-state index contributed by atoms with van der Waals surface area (Å²) < 4.78 is 11.4. The van der Waals surface area contributed by atoms with Crippen molar-refractivity contribution < 1.29 is 19.4 Å². The van der Waals surface area contributed by atoms with E-state index in [1.807, 2.05) is 38.1 Å². The minimum Gasteiger partial charge on any atom is -0.507 e. The second-order valence-corrected chi connectivity index (χ2v) is 6.70. The first-order chi connectivity index (χ1) is 12.5. The van der Waals surface area contributed by atoms with Gasteiger partial charge in [-0.3, -0.25) is 4.79 Å². The van der Waals surface area contributed by atoms with Gasteiger partial charge in [0.25, 0.3) is 5.91 Å². The maximum Gasteiger partial charge on any atom is 0.255 e.